The molecule has 13 heavy (non-hydrogen) atoms. The Balaban J connectivity index is 1.98. The molecular formula is C9H16N2OS. The normalized spacial score (nSPS) is 42.3. The van der Waals surface area contributed by atoms with Crippen molar-refractivity contribution >= 4 is 18.5 Å². The number of fused-ring (bicyclic) bond motifs is 2. The molecule has 2 fully saturated rings. The van der Waals surface area contributed by atoms with Gasteiger partial charge in [-0.1, -0.05) is 0 Å². The standard InChI is InChI=1S/C9H16N2OS/c10-11-8(12)4-7-3-6-1-2-9(7,13)5-6/h6-7,13H,1-5,10H2,(H,11,12). The van der Waals surface area contributed by atoms with Crippen molar-refractivity contribution in [2.24, 2.45) is 17.7 Å². The molecule has 0 aromatic rings. The van der Waals surface area contributed by atoms with Crippen molar-refractivity contribution < 1.29 is 4.79 Å². The fourth-order valence-electron chi connectivity index (χ4n) is 2.91. The minimum Gasteiger partial charge on any atom is -0.294 e. The van der Waals surface area contributed by atoms with E-state index in [1.165, 1.54) is 19.3 Å². The molecule has 0 radical (unpaired) electrons. The Labute approximate surface area is 83.8 Å². The Morgan fingerprint density at radius 3 is 2.92 bits per heavy atom. The van der Waals surface area contributed by atoms with Gasteiger partial charge in [-0.05, 0) is 37.5 Å². The number of hydrogen-bond acceptors (Lipinski definition) is 3. The van der Waals surface area contributed by atoms with Gasteiger partial charge in [0.2, 0.25) is 5.91 Å². The topological polar surface area (TPSA) is 55.1 Å². The predicted molar refractivity (Wildman–Crippen MR) is 54.1 cm³/mol. The largest absolute Gasteiger partial charge is 0.294 e. The van der Waals surface area contributed by atoms with Crippen LogP contribution in [0.15, 0.2) is 0 Å². The Kier molecular flexibility index (Phi) is 2.28. The van der Waals surface area contributed by atoms with Crippen molar-refractivity contribution in [1.29, 1.82) is 0 Å². The third kappa shape index (κ3) is 1.57. The van der Waals surface area contributed by atoms with E-state index in [0.29, 0.717) is 12.3 Å². The maximum Gasteiger partial charge on any atom is 0.234 e. The summed E-state index contributed by atoms with van der Waals surface area (Å²) in [6, 6.07) is 0. The van der Waals surface area contributed by atoms with Gasteiger partial charge in [0.05, 0.1) is 0 Å². The van der Waals surface area contributed by atoms with Gasteiger partial charge in [0.15, 0.2) is 0 Å². The molecular weight excluding hydrogens is 184 g/mol. The van der Waals surface area contributed by atoms with Crippen LogP contribution in [-0.4, -0.2) is 10.7 Å². The van der Waals surface area contributed by atoms with E-state index in [9.17, 15) is 4.79 Å². The van der Waals surface area contributed by atoms with Crippen molar-refractivity contribution in [2.75, 3.05) is 0 Å². The summed E-state index contributed by atoms with van der Waals surface area (Å²) in [5.74, 6) is 6.27. The molecule has 2 saturated carbocycles. The molecule has 3 atom stereocenters. The molecule has 0 aromatic heterocycles. The van der Waals surface area contributed by atoms with Gasteiger partial charge in [-0.3, -0.25) is 10.2 Å². The average molecular weight is 200 g/mol. The number of rotatable bonds is 2. The van der Waals surface area contributed by atoms with E-state index in [4.69, 9.17) is 18.5 Å². The van der Waals surface area contributed by atoms with Crippen LogP contribution in [0.5, 0.6) is 0 Å². The molecule has 1 amide bonds. The highest BCUT2D eigenvalue weighted by Gasteiger charge is 2.49. The summed E-state index contributed by atoms with van der Waals surface area (Å²) in [6.45, 7) is 0. The lowest BCUT2D eigenvalue weighted by atomic mass is 9.85. The highest BCUT2D eigenvalue weighted by Crippen LogP contribution is 2.56. The number of nitrogens with two attached hydrogens (primary N) is 1. The highest BCUT2D eigenvalue weighted by atomic mass is 32.1. The monoisotopic (exact) mass is 200 g/mol. The first-order chi connectivity index (χ1) is 6.14. The number of hydrazine groups is 1. The molecule has 74 valence electrons. The van der Waals surface area contributed by atoms with E-state index in [1.54, 1.807) is 0 Å². The van der Waals surface area contributed by atoms with Crippen molar-refractivity contribution in [3.05, 3.63) is 0 Å². The molecule has 0 heterocycles. The van der Waals surface area contributed by atoms with Crippen LogP contribution >= 0.6 is 12.6 Å². The van der Waals surface area contributed by atoms with Gasteiger partial charge in [0, 0.05) is 11.2 Å². The van der Waals surface area contributed by atoms with Crippen LogP contribution in [0.4, 0.5) is 0 Å². The second kappa shape index (κ2) is 3.17. The van der Waals surface area contributed by atoms with Crippen LogP contribution < -0.4 is 11.3 Å². The summed E-state index contributed by atoms with van der Waals surface area (Å²) in [7, 11) is 0. The lowest BCUT2D eigenvalue weighted by Gasteiger charge is -2.29. The van der Waals surface area contributed by atoms with Crippen LogP contribution in [0.3, 0.4) is 0 Å². The Morgan fingerprint density at radius 1 is 1.69 bits per heavy atom. The van der Waals surface area contributed by atoms with E-state index < -0.39 is 0 Å². The van der Waals surface area contributed by atoms with Gasteiger partial charge in [-0.2, -0.15) is 12.6 Å². The van der Waals surface area contributed by atoms with Crippen molar-refractivity contribution in [2.45, 2.75) is 36.9 Å². The number of carbonyl (C=O) groups is 1. The van der Waals surface area contributed by atoms with Crippen LogP contribution in [0, 0.1) is 11.8 Å². The molecule has 2 rings (SSSR count). The number of hydrogen-bond donors (Lipinski definition) is 3. The minimum absolute atomic E-state index is 0.0500. The van der Waals surface area contributed by atoms with E-state index in [0.717, 1.165) is 12.3 Å². The first kappa shape index (κ1) is 9.34. The predicted octanol–water partition coefficient (Wildman–Crippen LogP) is 0.855. The third-order valence-electron chi connectivity index (χ3n) is 3.60. The van der Waals surface area contributed by atoms with Crippen LogP contribution in [0.2, 0.25) is 0 Å². The summed E-state index contributed by atoms with van der Waals surface area (Å²) < 4.78 is 0.136. The van der Waals surface area contributed by atoms with Crippen molar-refractivity contribution in [3.8, 4) is 0 Å². The van der Waals surface area contributed by atoms with Crippen molar-refractivity contribution in [3.63, 3.8) is 0 Å². The molecule has 2 aliphatic rings. The van der Waals surface area contributed by atoms with Gasteiger partial charge >= 0.3 is 0 Å². The maximum atomic E-state index is 11.1. The van der Waals surface area contributed by atoms with Gasteiger partial charge in [0.25, 0.3) is 0 Å². The zero-order valence-corrected chi connectivity index (χ0v) is 8.52. The van der Waals surface area contributed by atoms with Crippen molar-refractivity contribution in [1.82, 2.24) is 5.43 Å². The lowest BCUT2D eigenvalue weighted by molar-refractivity contribution is -0.122. The molecule has 2 aliphatic carbocycles. The highest BCUT2D eigenvalue weighted by molar-refractivity contribution is 7.81. The van der Waals surface area contributed by atoms with E-state index in [2.05, 4.69) is 5.43 Å². The van der Waals surface area contributed by atoms with Gasteiger partial charge in [0.1, 0.15) is 0 Å². The molecule has 3 nitrogen and oxygen atoms in total. The number of nitrogens with one attached hydrogen (secondary N) is 1. The fraction of sp³-hybridized carbons (Fsp3) is 0.889. The van der Waals surface area contributed by atoms with Crippen LogP contribution in [-0.2, 0) is 4.79 Å². The average Bonchev–Trinajstić information content (AvgIpc) is 2.59. The third-order valence-corrected chi connectivity index (χ3v) is 4.37. The number of thiol groups is 1. The van der Waals surface area contributed by atoms with E-state index in [1.807, 2.05) is 0 Å². The van der Waals surface area contributed by atoms with E-state index in [-0.39, 0.29) is 10.7 Å². The molecule has 3 unspecified atom stereocenters. The second-order valence-corrected chi connectivity index (χ2v) is 5.31. The van der Waals surface area contributed by atoms with Gasteiger partial charge in [-0.15, -0.1) is 0 Å². The second-order valence-electron chi connectivity index (χ2n) is 4.42. The van der Waals surface area contributed by atoms with Crippen LogP contribution in [0.25, 0.3) is 0 Å². The molecule has 0 aromatic carbocycles. The zero-order chi connectivity index (χ0) is 9.47. The van der Waals surface area contributed by atoms with Gasteiger partial charge < -0.3 is 0 Å². The lowest BCUT2D eigenvalue weighted by Crippen LogP contribution is -2.36. The Morgan fingerprint density at radius 2 is 2.46 bits per heavy atom. The Bertz CT molecular complexity index is 234. The first-order valence-corrected chi connectivity index (χ1v) is 5.30. The van der Waals surface area contributed by atoms with Crippen LogP contribution in [0.1, 0.15) is 32.1 Å². The number of amides is 1. The quantitative estimate of drug-likeness (QED) is 0.268. The molecule has 4 heteroatoms. The molecule has 3 N–H and O–H groups in total. The molecule has 2 bridgehead atoms. The van der Waals surface area contributed by atoms with Gasteiger partial charge in [-0.25, -0.2) is 5.84 Å². The molecule has 0 saturated heterocycles. The molecule has 0 aliphatic heterocycles. The van der Waals surface area contributed by atoms with E-state index >= 15 is 0 Å². The summed E-state index contributed by atoms with van der Waals surface area (Å²) in [6.07, 6.45) is 5.37. The number of carbonyl (C=O) groups excluding carboxylic acids is 1. The summed E-state index contributed by atoms with van der Waals surface area (Å²) in [5.41, 5.74) is 2.20. The summed E-state index contributed by atoms with van der Waals surface area (Å²) in [5, 5.41) is 0. The summed E-state index contributed by atoms with van der Waals surface area (Å²) >= 11 is 4.71. The summed E-state index contributed by atoms with van der Waals surface area (Å²) in [4.78, 5) is 11.1. The zero-order valence-electron chi connectivity index (χ0n) is 7.62. The smallest absolute Gasteiger partial charge is 0.234 e. The minimum atomic E-state index is -0.0500. The molecule has 0 spiro atoms. The Hall–Kier alpha value is -0.220. The fourth-order valence-corrected chi connectivity index (χ4v) is 3.49. The maximum absolute atomic E-state index is 11.1. The SMILES string of the molecule is NNC(=O)CC1CC2CCC1(S)C2. The first-order valence-electron chi connectivity index (χ1n) is 4.86.